The summed E-state index contributed by atoms with van der Waals surface area (Å²) in [6.45, 7) is 0. The third kappa shape index (κ3) is 4.81. The molecule has 11 rings (SSSR count). The maximum atomic E-state index is 10.2. The highest BCUT2D eigenvalue weighted by Crippen LogP contribution is 2.45. The highest BCUT2D eigenvalue weighted by Gasteiger charge is 2.20. The van der Waals surface area contributed by atoms with Crippen LogP contribution < -0.4 is 4.90 Å². The fraction of sp³-hybridized carbons (Fsp3) is 0. The van der Waals surface area contributed by atoms with Crippen molar-refractivity contribution < 1.29 is 48.3 Å². The van der Waals surface area contributed by atoms with E-state index in [-0.39, 0.29) is 5.39 Å². The van der Waals surface area contributed by atoms with E-state index in [9.17, 15) is 16.4 Å². The summed E-state index contributed by atoms with van der Waals surface area (Å²) >= 11 is 0. The van der Waals surface area contributed by atoms with Crippen molar-refractivity contribution in [2.75, 3.05) is 4.90 Å². The second-order valence-corrected chi connectivity index (χ2v) is 11.6. The molecular formula is C52H33NO. The molecule has 11 aromatic rings. The van der Waals surface area contributed by atoms with Crippen molar-refractivity contribution in [1.82, 2.24) is 0 Å². The Kier molecular flexibility index (Phi) is 2.82. The second kappa shape index (κ2) is 12.2. The molecule has 0 aliphatic rings. The van der Waals surface area contributed by atoms with E-state index in [1.807, 2.05) is 0 Å². The normalized spacial score (nSPS) is 20.0. The minimum absolute atomic E-state index is 0.362. The van der Waals surface area contributed by atoms with Crippen LogP contribution in [0.5, 0.6) is 0 Å². The highest BCUT2D eigenvalue weighted by molar-refractivity contribution is 6.26. The van der Waals surface area contributed by atoms with Gasteiger partial charge in [-0.3, -0.25) is 0 Å². The van der Waals surface area contributed by atoms with Crippen molar-refractivity contribution in [2.45, 2.75) is 0 Å². The number of anilines is 3. The van der Waals surface area contributed by atoms with Crippen LogP contribution in [0.15, 0.2) is 204 Å². The van der Waals surface area contributed by atoms with Crippen LogP contribution >= 0.6 is 0 Å². The zero-order chi connectivity index (χ0) is 63.4. The molecule has 0 amide bonds. The topological polar surface area (TPSA) is 16.4 Å². The molecular weight excluding hydrogens is 655 g/mol. The van der Waals surface area contributed by atoms with Crippen molar-refractivity contribution in [3.8, 4) is 22.3 Å². The first kappa shape index (κ1) is 12.5. The van der Waals surface area contributed by atoms with E-state index in [4.69, 9.17) is 31.8 Å². The van der Waals surface area contributed by atoms with Crippen LogP contribution in [0.3, 0.4) is 0 Å². The number of fused-ring (bicyclic) bond motifs is 11. The van der Waals surface area contributed by atoms with Crippen LogP contribution in [-0.4, -0.2) is 0 Å². The van der Waals surface area contributed by atoms with Gasteiger partial charge in [-0.15, -0.1) is 0 Å². The summed E-state index contributed by atoms with van der Waals surface area (Å²) in [5.41, 5.74) is -7.87. The van der Waals surface area contributed by atoms with Crippen molar-refractivity contribution in [3.05, 3.63) is 199 Å². The molecule has 2 heteroatoms. The number of furan rings is 1. The Hall–Kier alpha value is -7.16. The van der Waals surface area contributed by atoms with Gasteiger partial charge in [-0.25, -0.2) is 0 Å². The van der Waals surface area contributed by atoms with Gasteiger partial charge in [0.25, 0.3) is 0 Å². The van der Waals surface area contributed by atoms with Crippen LogP contribution in [-0.2, 0) is 0 Å². The fourth-order valence-corrected chi connectivity index (χ4v) is 6.31. The summed E-state index contributed by atoms with van der Waals surface area (Å²) in [5, 5.41) is -6.22. The summed E-state index contributed by atoms with van der Waals surface area (Å²) in [7, 11) is 0. The molecule has 0 bridgehead atoms. The number of hydrogen-bond acceptors (Lipinski definition) is 2. The monoisotopic (exact) mass is 719 g/mol. The Balaban J connectivity index is 1.42. The SMILES string of the molecule is [2H]c1cc2c(-c3c([2H])c([2H])c([2H])c([2H])c3[2H])c([2H])c3c(oc4c([2H])c([2H])c(N(c5c([2H])c([2H])c(-c6c([2H])c([2H])c([2H])c([2H])c6[2H])c([2H])c5[2H])c5c([2H])c([2H])c6c7c([2H])c([2H])c([2H])c([2H])c7c7c([2H])c([2H])c([2H])c([2H])c7c6c5[2H])c([2H])c43)c2c([2H])c1[2H]. The van der Waals surface area contributed by atoms with Crippen LogP contribution in [0.2, 0.25) is 0 Å². The molecule has 0 fully saturated rings. The lowest BCUT2D eigenvalue weighted by atomic mass is 9.94. The van der Waals surface area contributed by atoms with Crippen LogP contribution in [0.1, 0.15) is 43.9 Å². The standard InChI is InChI=1S/C52H33NO/c1-3-13-34(14-4-1)35-23-25-37(26-24-35)53(38-27-29-45-42-19-8-7-17-40(42)41-18-9-10-20-43(41)48(45)31-38)39-28-30-51-49(32-39)50-33-47(36-15-5-2-6-16-36)44-21-11-12-22-46(44)52(50)54-51/h1-33H/i1D,2D,3D,4D,5D,6D,7D,8D,9D,10D,11D,12D,13D,14D,15D,16D,17D,18D,19D,20D,22D,23D,24D,25D,26D,27D,28D,29D,30D,31D,32D,33D. The molecule has 0 saturated carbocycles. The summed E-state index contributed by atoms with van der Waals surface area (Å²) in [6.07, 6.45) is 0. The highest BCUT2D eigenvalue weighted by atomic mass is 16.3. The lowest BCUT2D eigenvalue weighted by Gasteiger charge is -2.26. The number of benzene rings is 10. The summed E-state index contributed by atoms with van der Waals surface area (Å²) in [4.78, 5) is 0.378. The summed E-state index contributed by atoms with van der Waals surface area (Å²) < 4.78 is 297. The zero-order valence-electron chi connectivity index (χ0n) is 58.9. The van der Waals surface area contributed by atoms with E-state index in [2.05, 4.69) is 0 Å². The average molecular weight is 720 g/mol. The Morgan fingerprint density at radius 1 is 0.333 bits per heavy atom. The van der Waals surface area contributed by atoms with Gasteiger partial charge in [0.05, 0.1) is 43.9 Å². The van der Waals surface area contributed by atoms with Crippen LogP contribution in [0.4, 0.5) is 17.1 Å². The molecule has 252 valence electrons. The van der Waals surface area contributed by atoms with Gasteiger partial charge in [-0.2, -0.15) is 0 Å². The molecule has 0 N–H and O–H groups in total. The summed E-state index contributed by atoms with van der Waals surface area (Å²) in [5.74, 6) is 0. The van der Waals surface area contributed by atoms with Crippen molar-refractivity contribution in [2.24, 2.45) is 0 Å². The van der Waals surface area contributed by atoms with Crippen LogP contribution in [0.25, 0.3) is 87.3 Å². The van der Waals surface area contributed by atoms with E-state index in [0.29, 0.717) is 4.90 Å². The molecule has 0 unspecified atom stereocenters. The predicted octanol–water partition coefficient (Wildman–Crippen LogP) is 15.0. The third-order valence-electron chi connectivity index (χ3n) is 8.64. The maximum Gasteiger partial charge on any atom is 0.143 e. The van der Waals surface area contributed by atoms with Gasteiger partial charge in [0.15, 0.2) is 0 Å². The lowest BCUT2D eigenvalue weighted by molar-refractivity contribution is 0.672. The van der Waals surface area contributed by atoms with Crippen molar-refractivity contribution in [3.63, 3.8) is 0 Å². The number of rotatable bonds is 5. The minimum Gasteiger partial charge on any atom is -0.455 e. The molecule has 2 nitrogen and oxygen atoms in total. The second-order valence-electron chi connectivity index (χ2n) is 11.6. The smallest absolute Gasteiger partial charge is 0.143 e. The summed E-state index contributed by atoms with van der Waals surface area (Å²) in [6, 6.07) is -30.7. The van der Waals surface area contributed by atoms with Gasteiger partial charge in [0, 0.05) is 33.2 Å². The van der Waals surface area contributed by atoms with Gasteiger partial charge in [-0.1, -0.05) is 151 Å². The largest absolute Gasteiger partial charge is 0.455 e. The first-order chi connectivity index (χ1) is 40.1. The molecule has 0 aliphatic carbocycles. The fourth-order valence-electron chi connectivity index (χ4n) is 6.31. The van der Waals surface area contributed by atoms with E-state index in [1.165, 1.54) is 0 Å². The molecule has 0 aliphatic heterocycles. The molecule has 1 aromatic heterocycles. The molecule has 0 radical (unpaired) electrons. The van der Waals surface area contributed by atoms with Gasteiger partial charge < -0.3 is 9.32 Å². The zero-order valence-corrected chi connectivity index (χ0v) is 26.9. The van der Waals surface area contributed by atoms with Crippen molar-refractivity contribution in [1.29, 1.82) is 0 Å². The Morgan fingerprint density at radius 2 is 0.833 bits per heavy atom. The molecule has 0 atom stereocenters. The predicted molar refractivity (Wildman–Crippen MR) is 229 cm³/mol. The molecule has 1 heterocycles. The molecule has 54 heavy (non-hydrogen) atoms. The Labute approximate surface area is 357 Å². The molecule has 0 saturated heterocycles. The lowest BCUT2D eigenvalue weighted by Crippen LogP contribution is -2.10. The van der Waals surface area contributed by atoms with E-state index >= 15 is 0 Å². The number of nitrogens with zero attached hydrogens (tertiary/aromatic N) is 1. The van der Waals surface area contributed by atoms with Gasteiger partial charge >= 0.3 is 0 Å². The van der Waals surface area contributed by atoms with Crippen molar-refractivity contribution >= 4 is 82.1 Å². The van der Waals surface area contributed by atoms with Gasteiger partial charge in [0.2, 0.25) is 0 Å². The quantitative estimate of drug-likeness (QED) is 0.165. The first-order valence-corrected chi connectivity index (χ1v) is 15.9. The minimum atomic E-state index is -1.29. The first-order valence-electron chi connectivity index (χ1n) is 31.9. The van der Waals surface area contributed by atoms with Gasteiger partial charge in [0.1, 0.15) is 11.2 Å². The maximum absolute atomic E-state index is 10.2. The van der Waals surface area contributed by atoms with Gasteiger partial charge in [-0.05, 0) is 108 Å². The van der Waals surface area contributed by atoms with E-state index in [0.717, 1.165) is 6.07 Å². The Bertz CT molecular complexity index is 4960. The average Bonchev–Trinajstić information content (AvgIpc) is 1.20. The Morgan fingerprint density at radius 3 is 1.52 bits per heavy atom. The third-order valence-corrected chi connectivity index (χ3v) is 8.64. The van der Waals surface area contributed by atoms with Crippen LogP contribution in [0, 0.1) is 0 Å². The van der Waals surface area contributed by atoms with E-state index < -0.39 is 292 Å². The van der Waals surface area contributed by atoms with E-state index in [1.54, 1.807) is 0 Å². The molecule has 0 spiro atoms. The number of hydrogen-bond donors (Lipinski definition) is 0. The molecule has 10 aromatic carbocycles.